The zero-order valence-corrected chi connectivity index (χ0v) is 14.2. The molecule has 0 radical (unpaired) electrons. The Bertz CT molecular complexity index is 680. The van der Waals surface area contributed by atoms with Crippen LogP contribution in [-0.4, -0.2) is 37.5 Å². The molecule has 120 valence electrons. The van der Waals surface area contributed by atoms with Gasteiger partial charge in [-0.1, -0.05) is 6.92 Å². The molecule has 1 aromatic carbocycles. The van der Waals surface area contributed by atoms with Gasteiger partial charge in [-0.15, -0.1) is 11.8 Å². The summed E-state index contributed by atoms with van der Waals surface area (Å²) in [7, 11) is -3.48. The molecule has 1 aromatic rings. The molecule has 1 N–H and O–H groups in total. The van der Waals surface area contributed by atoms with Gasteiger partial charge in [-0.05, 0) is 37.0 Å². The Morgan fingerprint density at radius 3 is 2.73 bits per heavy atom. The fourth-order valence-electron chi connectivity index (χ4n) is 2.73. The number of carbonyl (C=O) groups excluding carboxylic acids is 1. The molecule has 0 spiro atoms. The summed E-state index contributed by atoms with van der Waals surface area (Å²) in [4.78, 5) is 12.9. The summed E-state index contributed by atoms with van der Waals surface area (Å²) in [6.07, 6.45) is 2.25. The molecule has 5 nitrogen and oxygen atoms in total. The Balaban J connectivity index is 1.90. The summed E-state index contributed by atoms with van der Waals surface area (Å²) in [5.74, 6) is 1.23. The van der Waals surface area contributed by atoms with E-state index in [-0.39, 0.29) is 10.8 Å². The van der Waals surface area contributed by atoms with E-state index in [0.29, 0.717) is 31.1 Å². The van der Waals surface area contributed by atoms with Crippen molar-refractivity contribution in [1.82, 2.24) is 4.31 Å². The largest absolute Gasteiger partial charge is 0.325 e. The first-order valence-electron chi connectivity index (χ1n) is 7.53. The van der Waals surface area contributed by atoms with E-state index in [4.69, 9.17) is 0 Å². The van der Waals surface area contributed by atoms with Crippen LogP contribution >= 0.6 is 11.8 Å². The Morgan fingerprint density at radius 1 is 1.27 bits per heavy atom. The molecule has 0 aromatic heterocycles. The minimum absolute atomic E-state index is 0.0624. The third-order valence-electron chi connectivity index (χ3n) is 4.19. The number of benzene rings is 1. The zero-order valence-electron chi connectivity index (χ0n) is 12.5. The van der Waals surface area contributed by atoms with Gasteiger partial charge < -0.3 is 5.32 Å². The van der Waals surface area contributed by atoms with E-state index in [1.54, 1.807) is 34.3 Å². The van der Waals surface area contributed by atoms with Crippen molar-refractivity contribution in [3.8, 4) is 0 Å². The number of carbonyl (C=O) groups is 1. The second-order valence-corrected chi connectivity index (χ2v) is 8.97. The normalized spacial score (nSPS) is 21.0. The van der Waals surface area contributed by atoms with E-state index >= 15 is 0 Å². The summed E-state index contributed by atoms with van der Waals surface area (Å²) in [6.45, 7) is 3.29. The van der Waals surface area contributed by atoms with Crippen molar-refractivity contribution in [2.75, 3.05) is 24.2 Å². The molecule has 0 aliphatic carbocycles. The predicted octanol–water partition coefficient (Wildman–Crippen LogP) is 2.54. The first kappa shape index (κ1) is 15.8. The number of anilines is 1. The number of thioether (sulfide) groups is 1. The second-order valence-electron chi connectivity index (χ2n) is 5.89. The minimum atomic E-state index is -3.48. The van der Waals surface area contributed by atoms with E-state index in [1.807, 2.05) is 0 Å². The van der Waals surface area contributed by atoms with Crippen molar-refractivity contribution >= 4 is 33.4 Å². The van der Waals surface area contributed by atoms with E-state index in [2.05, 4.69) is 12.2 Å². The fourth-order valence-corrected chi connectivity index (χ4v) is 5.17. The lowest BCUT2D eigenvalue weighted by Gasteiger charge is -2.29. The Hall–Kier alpha value is -1.05. The molecule has 0 saturated carbocycles. The molecule has 0 atom stereocenters. The first-order valence-corrected chi connectivity index (χ1v) is 9.96. The summed E-state index contributed by atoms with van der Waals surface area (Å²) in [5, 5.41) is 2.80. The van der Waals surface area contributed by atoms with Crippen molar-refractivity contribution in [3.63, 3.8) is 0 Å². The Morgan fingerprint density at radius 2 is 2.00 bits per heavy atom. The maximum atomic E-state index is 12.8. The molecule has 2 heterocycles. The van der Waals surface area contributed by atoms with Crippen molar-refractivity contribution in [2.24, 2.45) is 5.92 Å². The summed E-state index contributed by atoms with van der Waals surface area (Å²) in [6, 6.07) is 5.04. The van der Waals surface area contributed by atoms with Crippen LogP contribution in [0.25, 0.3) is 0 Å². The number of fused-ring (bicyclic) bond motifs is 1. The van der Waals surface area contributed by atoms with Gasteiger partial charge in [0.05, 0.1) is 10.6 Å². The summed E-state index contributed by atoms with van der Waals surface area (Å²) >= 11 is 1.58. The molecular weight excluding hydrogens is 320 g/mol. The van der Waals surface area contributed by atoms with Gasteiger partial charge in [0.25, 0.3) is 0 Å². The number of sulfonamides is 1. The Kier molecular flexibility index (Phi) is 4.47. The highest BCUT2D eigenvalue weighted by atomic mass is 32.2. The molecule has 0 bridgehead atoms. The number of rotatable bonds is 2. The number of hydrogen-bond donors (Lipinski definition) is 1. The highest BCUT2D eigenvalue weighted by molar-refractivity contribution is 7.99. The van der Waals surface area contributed by atoms with Gasteiger partial charge in [0.1, 0.15) is 0 Å². The standard InChI is InChI=1S/C15H20N2O3S2/c1-11-4-7-17(8-5-11)22(19,20)12-2-3-14-13(10-12)16-15(18)6-9-21-14/h2-3,10-11H,4-9H2,1H3,(H,16,18). The van der Waals surface area contributed by atoms with Crippen molar-refractivity contribution in [3.05, 3.63) is 18.2 Å². The number of nitrogens with one attached hydrogen (secondary N) is 1. The first-order chi connectivity index (χ1) is 10.5. The SMILES string of the molecule is CC1CCN(S(=O)(=O)c2ccc3c(c2)NC(=O)CCS3)CC1. The summed E-state index contributed by atoms with van der Waals surface area (Å²) in [5.41, 5.74) is 0.610. The lowest BCUT2D eigenvalue weighted by Crippen LogP contribution is -2.37. The van der Waals surface area contributed by atoms with Gasteiger partial charge in [0.2, 0.25) is 15.9 Å². The van der Waals surface area contributed by atoms with Crippen LogP contribution in [0.3, 0.4) is 0 Å². The average Bonchev–Trinajstić information content (AvgIpc) is 2.67. The van der Waals surface area contributed by atoms with Crippen LogP contribution in [0.4, 0.5) is 5.69 Å². The quantitative estimate of drug-likeness (QED) is 0.898. The van der Waals surface area contributed by atoms with Crippen LogP contribution in [0.1, 0.15) is 26.2 Å². The molecule has 2 aliphatic rings. The third-order valence-corrected chi connectivity index (χ3v) is 7.16. The molecule has 1 fully saturated rings. The lowest BCUT2D eigenvalue weighted by atomic mass is 10.0. The van der Waals surface area contributed by atoms with E-state index < -0.39 is 10.0 Å². The predicted molar refractivity (Wildman–Crippen MR) is 87.6 cm³/mol. The van der Waals surface area contributed by atoms with E-state index in [9.17, 15) is 13.2 Å². The van der Waals surface area contributed by atoms with Crippen molar-refractivity contribution in [2.45, 2.75) is 36.0 Å². The Labute approximate surface area is 135 Å². The fraction of sp³-hybridized carbons (Fsp3) is 0.533. The van der Waals surface area contributed by atoms with Crippen LogP contribution < -0.4 is 5.32 Å². The average molecular weight is 340 g/mol. The molecule has 2 aliphatic heterocycles. The lowest BCUT2D eigenvalue weighted by molar-refractivity contribution is -0.115. The number of piperidine rings is 1. The highest BCUT2D eigenvalue weighted by Crippen LogP contribution is 2.34. The zero-order chi connectivity index (χ0) is 15.7. The van der Waals surface area contributed by atoms with Gasteiger partial charge >= 0.3 is 0 Å². The molecule has 1 amide bonds. The van der Waals surface area contributed by atoms with E-state index in [1.165, 1.54) is 0 Å². The molecular formula is C15H20N2O3S2. The van der Waals surface area contributed by atoms with Crippen molar-refractivity contribution < 1.29 is 13.2 Å². The van der Waals surface area contributed by atoms with E-state index in [0.717, 1.165) is 23.5 Å². The number of amides is 1. The maximum absolute atomic E-state index is 12.8. The van der Waals surface area contributed by atoms with Crippen LogP contribution in [0, 0.1) is 5.92 Å². The molecule has 7 heteroatoms. The molecule has 22 heavy (non-hydrogen) atoms. The number of hydrogen-bond acceptors (Lipinski definition) is 4. The number of nitrogens with zero attached hydrogens (tertiary/aromatic N) is 1. The molecule has 3 rings (SSSR count). The smallest absolute Gasteiger partial charge is 0.243 e. The van der Waals surface area contributed by atoms with Crippen LogP contribution in [0.15, 0.2) is 28.0 Å². The molecule has 0 unspecified atom stereocenters. The van der Waals surface area contributed by atoms with Gasteiger partial charge in [0, 0.05) is 30.2 Å². The van der Waals surface area contributed by atoms with Gasteiger partial charge in [-0.2, -0.15) is 4.31 Å². The van der Waals surface area contributed by atoms with Gasteiger partial charge in [0.15, 0.2) is 0 Å². The van der Waals surface area contributed by atoms with Crippen molar-refractivity contribution in [1.29, 1.82) is 0 Å². The maximum Gasteiger partial charge on any atom is 0.243 e. The second kappa shape index (κ2) is 6.22. The van der Waals surface area contributed by atoms with Gasteiger partial charge in [-0.25, -0.2) is 8.42 Å². The monoisotopic (exact) mass is 340 g/mol. The van der Waals surface area contributed by atoms with Crippen LogP contribution in [-0.2, 0) is 14.8 Å². The summed E-state index contributed by atoms with van der Waals surface area (Å²) < 4.78 is 27.1. The minimum Gasteiger partial charge on any atom is -0.325 e. The van der Waals surface area contributed by atoms with Crippen LogP contribution in [0.5, 0.6) is 0 Å². The van der Waals surface area contributed by atoms with Gasteiger partial charge in [-0.3, -0.25) is 4.79 Å². The molecule has 1 saturated heterocycles. The topological polar surface area (TPSA) is 66.5 Å². The third kappa shape index (κ3) is 3.16. The highest BCUT2D eigenvalue weighted by Gasteiger charge is 2.29. The van der Waals surface area contributed by atoms with Crippen LogP contribution in [0.2, 0.25) is 0 Å².